The third-order valence-corrected chi connectivity index (χ3v) is 2.46. The van der Waals surface area contributed by atoms with Crippen molar-refractivity contribution in [1.82, 2.24) is 15.0 Å². The maximum atomic E-state index is 12.2. The zero-order valence-corrected chi connectivity index (χ0v) is 8.70. The molecule has 1 aromatic rings. The largest absolute Gasteiger partial charge is 0.434 e. The highest BCUT2D eigenvalue weighted by Crippen LogP contribution is 2.27. The van der Waals surface area contributed by atoms with Crippen molar-refractivity contribution >= 4 is 5.82 Å². The van der Waals surface area contributed by atoms with Crippen molar-refractivity contribution in [3.05, 3.63) is 18.1 Å². The van der Waals surface area contributed by atoms with E-state index in [9.17, 15) is 13.2 Å². The van der Waals surface area contributed by atoms with Gasteiger partial charge in [-0.1, -0.05) is 0 Å². The van der Waals surface area contributed by atoms with Crippen molar-refractivity contribution in [2.24, 2.45) is 0 Å². The van der Waals surface area contributed by atoms with Gasteiger partial charge in [0.25, 0.3) is 0 Å². The molecule has 2 rings (SSSR count). The standard InChI is InChI=1S/C9H11F3N4/c1-15-3-2-4-16(15)8-6-13-7(5-14-8)9(10,11)12/h5-6H,2-4H2,1H3. The SMILES string of the molecule is CN1CCCN1c1cnc(C(F)(F)F)cn1. The molecule has 16 heavy (non-hydrogen) atoms. The molecule has 0 bridgehead atoms. The molecule has 1 fully saturated rings. The third kappa shape index (κ3) is 2.08. The Kier molecular flexibility index (Phi) is 2.71. The predicted octanol–water partition coefficient (Wildman–Crippen LogP) is 1.55. The van der Waals surface area contributed by atoms with E-state index in [-0.39, 0.29) is 0 Å². The lowest BCUT2D eigenvalue weighted by atomic mass is 10.4. The van der Waals surface area contributed by atoms with E-state index in [1.54, 1.807) is 0 Å². The van der Waals surface area contributed by atoms with Crippen molar-refractivity contribution in [3.63, 3.8) is 0 Å². The number of anilines is 1. The Labute approximate surface area is 90.7 Å². The van der Waals surface area contributed by atoms with Crippen LogP contribution < -0.4 is 5.01 Å². The molecule has 1 saturated heterocycles. The molecule has 0 aromatic carbocycles. The minimum Gasteiger partial charge on any atom is -0.288 e. The Morgan fingerprint density at radius 1 is 1.19 bits per heavy atom. The minimum atomic E-state index is -4.43. The van der Waals surface area contributed by atoms with Gasteiger partial charge in [-0.25, -0.2) is 15.0 Å². The quantitative estimate of drug-likeness (QED) is 0.735. The summed E-state index contributed by atoms with van der Waals surface area (Å²) in [6.45, 7) is 1.64. The van der Waals surface area contributed by atoms with Crippen molar-refractivity contribution in [3.8, 4) is 0 Å². The predicted molar refractivity (Wildman–Crippen MR) is 51.6 cm³/mol. The summed E-state index contributed by atoms with van der Waals surface area (Å²) < 4.78 is 36.7. The van der Waals surface area contributed by atoms with E-state index >= 15 is 0 Å². The third-order valence-electron chi connectivity index (χ3n) is 2.46. The highest BCUT2D eigenvalue weighted by Gasteiger charge is 2.33. The smallest absolute Gasteiger partial charge is 0.288 e. The first-order valence-corrected chi connectivity index (χ1v) is 4.86. The number of nitrogens with zero attached hydrogens (tertiary/aromatic N) is 4. The molecule has 1 aromatic heterocycles. The first-order chi connectivity index (χ1) is 7.48. The van der Waals surface area contributed by atoms with Crippen LogP contribution >= 0.6 is 0 Å². The first kappa shape index (κ1) is 11.1. The minimum absolute atomic E-state index is 0.452. The van der Waals surface area contributed by atoms with Crippen LogP contribution in [0.25, 0.3) is 0 Å². The summed E-state index contributed by atoms with van der Waals surface area (Å²) in [7, 11) is 1.87. The van der Waals surface area contributed by atoms with Crippen LogP contribution in [0.3, 0.4) is 0 Å². The van der Waals surface area contributed by atoms with Crippen LogP contribution in [0.4, 0.5) is 19.0 Å². The molecule has 0 unspecified atom stereocenters. The number of alkyl halides is 3. The lowest BCUT2D eigenvalue weighted by Gasteiger charge is -2.24. The van der Waals surface area contributed by atoms with Crippen molar-refractivity contribution in [2.45, 2.75) is 12.6 Å². The summed E-state index contributed by atoms with van der Waals surface area (Å²) >= 11 is 0. The van der Waals surface area contributed by atoms with Gasteiger partial charge in [0.2, 0.25) is 0 Å². The van der Waals surface area contributed by atoms with Gasteiger partial charge >= 0.3 is 6.18 Å². The number of hydrazine groups is 1. The lowest BCUT2D eigenvalue weighted by Crippen LogP contribution is -2.33. The van der Waals surface area contributed by atoms with Gasteiger partial charge in [-0.05, 0) is 6.42 Å². The van der Waals surface area contributed by atoms with Crippen LogP contribution in [0.15, 0.2) is 12.4 Å². The van der Waals surface area contributed by atoms with E-state index in [2.05, 4.69) is 9.97 Å². The summed E-state index contributed by atoms with van der Waals surface area (Å²) in [5.74, 6) is 0.452. The molecule has 0 saturated carbocycles. The monoisotopic (exact) mass is 232 g/mol. The average molecular weight is 232 g/mol. The zero-order valence-electron chi connectivity index (χ0n) is 8.70. The number of hydrogen-bond acceptors (Lipinski definition) is 4. The molecule has 0 radical (unpaired) electrons. The molecule has 7 heteroatoms. The Morgan fingerprint density at radius 3 is 2.38 bits per heavy atom. The molecular weight excluding hydrogens is 221 g/mol. The molecule has 0 spiro atoms. The number of hydrogen-bond donors (Lipinski definition) is 0. The number of rotatable bonds is 1. The van der Waals surface area contributed by atoms with E-state index in [1.807, 2.05) is 17.1 Å². The van der Waals surface area contributed by atoms with Gasteiger partial charge in [0, 0.05) is 20.1 Å². The zero-order chi connectivity index (χ0) is 11.8. The lowest BCUT2D eigenvalue weighted by molar-refractivity contribution is -0.141. The molecule has 0 aliphatic carbocycles. The van der Waals surface area contributed by atoms with Gasteiger partial charge in [-0.3, -0.25) is 5.01 Å². The summed E-state index contributed by atoms with van der Waals surface area (Å²) in [6.07, 6.45) is -1.53. The summed E-state index contributed by atoms with van der Waals surface area (Å²) in [5.41, 5.74) is -0.960. The fourth-order valence-corrected chi connectivity index (χ4v) is 1.63. The molecule has 1 aliphatic heterocycles. The Bertz CT molecular complexity index is 362. The maximum Gasteiger partial charge on any atom is 0.434 e. The second-order valence-electron chi connectivity index (χ2n) is 3.62. The van der Waals surface area contributed by atoms with Crippen molar-refractivity contribution in [2.75, 3.05) is 25.1 Å². The van der Waals surface area contributed by atoms with Crippen LogP contribution in [0.5, 0.6) is 0 Å². The van der Waals surface area contributed by atoms with E-state index in [1.165, 1.54) is 0 Å². The second-order valence-corrected chi connectivity index (χ2v) is 3.62. The van der Waals surface area contributed by atoms with Gasteiger partial charge in [0.1, 0.15) is 0 Å². The van der Waals surface area contributed by atoms with E-state index in [0.717, 1.165) is 31.9 Å². The van der Waals surface area contributed by atoms with Crippen LogP contribution in [0.2, 0.25) is 0 Å². The van der Waals surface area contributed by atoms with Gasteiger partial charge in [0.05, 0.1) is 12.4 Å². The molecule has 1 aliphatic rings. The molecular formula is C9H11F3N4. The van der Waals surface area contributed by atoms with Gasteiger partial charge in [0.15, 0.2) is 11.5 Å². The second kappa shape index (κ2) is 3.89. The number of aromatic nitrogens is 2. The van der Waals surface area contributed by atoms with E-state index in [0.29, 0.717) is 5.82 Å². The molecule has 0 N–H and O–H groups in total. The molecule has 0 atom stereocenters. The first-order valence-electron chi connectivity index (χ1n) is 4.86. The summed E-state index contributed by atoms with van der Waals surface area (Å²) in [4.78, 5) is 7.15. The van der Waals surface area contributed by atoms with Gasteiger partial charge < -0.3 is 0 Å². The Hall–Kier alpha value is -1.37. The summed E-state index contributed by atoms with van der Waals surface area (Å²) in [6, 6.07) is 0. The van der Waals surface area contributed by atoms with Crippen LogP contribution in [-0.4, -0.2) is 35.1 Å². The molecule has 2 heterocycles. The van der Waals surface area contributed by atoms with Crippen LogP contribution in [0, 0.1) is 0 Å². The van der Waals surface area contributed by atoms with Gasteiger partial charge in [-0.2, -0.15) is 13.2 Å². The Morgan fingerprint density at radius 2 is 1.94 bits per heavy atom. The summed E-state index contributed by atoms with van der Waals surface area (Å²) in [5, 5.41) is 3.73. The Balaban J connectivity index is 2.19. The van der Waals surface area contributed by atoms with Crippen molar-refractivity contribution < 1.29 is 13.2 Å². The fourth-order valence-electron chi connectivity index (χ4n) is 1.63. The van der Waals surface area contributed by atoms with Crippen LogP contribution in [-0.2, 0) is 6.18 Å². The average Bonchev–Trinajstić information content (AvgIpc) is 2.63. The van der Waals surface area contributed by atoms with Crippen molar-refractivity contribution in [1.29, 1.82) is 0 Å². The molecule has 4 nitrogen and oxygen atoms in total. The topological polar surface area (TPSA) is 32.3 Å². The highest BCUT2D eigenvalue weighted by molar-refractivity contribution is 5.35. The molecule has 88 valence electrons. The highest BCUT2D eigenvalue weighted by atomic mass is 19.4. The fraction of sp³-hybridized carbons (Fsp3) is 0.556. The normalized spacial score (nSPS) is 18.1. The maximum absolute atomic E-state index is 12.2. The van der Waals surface area contributed by atoms with E-state index < -0.39 is 11.9 Å². The van der Waals surface area contributed by atoms with Gasteiger partial charge in [-0.15, -0.1) is 0 Å². The van der Waals surface area contributed by atoms with E-state index in [4.69, 9.17) is 0 Å². The number of halogens is 3. The molecule has 0 amide bonds. The van der Waals surface area contributed by atoms with Crippen LogP contribution in [0.1, 0.15) is 12.1 Å².